The summed E-state index contributed by atoms with van der Waals surface area (Å²) in [5.41, 5.74) is 7.47. The van der Waals surface area contributed by atoms with Crippen LogP contribution < -0.4 is 5.73 Å². The number of halogens is 2. The molecule has 1 aromatic rings. The summed E-state index contributed by atoms with van der Waals surface area (Å²) in [6.45, 7) is 0. The van der Waals surface area contributed by atoms with Gasteiger partial charge in [0.25, 0.3) is 0 Å². The van der Waals surface area contributed by atoms with Gasteiger partial charge in [-0.1, -0.05) is 43.0 Å². The van der Waals surface area contributed by atoms with Gasteiger partial charge >= 0.3 is 0 Å². The summed E-state index contributed by atoms with van der Waals surface area (Å²) in [4.78, 5) is 0. The van der Waals surface area contributed by atoms with Crippen molar-refractivity contribution in [3.63, 3.8) is 0 Å². The lowest BCUT2D eigenvalue weighted by atomic mass is 9.81. The first kappa shape index (κ1) is 13.8. The molecule has 0 saturated heterocycles. The van der Waals surface area contributed by atoms with Gasteiger partial charge in [0.15, 0.2) is 0 Å². The standard InChI is InChI=1S/C13H18ClN.ClH/c14-12-8-4-7-11(9-12)13(15)10-5-2-1-3-6-10;/h4,7-10,13H,1-3,5-6,15H2;1H/t13-;/m1./s1. The molecule has 1 aromatic carbocycles. The lowest BCUT2D eigenvalue weighted by molar-refractivity contribution is 0.308. The molecule has 0 heterocycles. The van der Waals surface area contributed by atoms with Crippen molar-refractivity contribution >= 4 is 24.0 Å². The third-order valence-electron chi connectivity index (χ3n) is 3.39. The molecule has 0 aliphatic heterocycles. The van der Waals surface area contributed by atoms with Gasteiger partial charge in [-0.15, -0.1) is 12.4 Å². The molecule has 0 spiro atoms. The highest BCUT2D eigenvalue weighted by atomic mass is 35.5. The molecule has 0 radical (unpaired) electrons. The maximum atomic E-state index is 6.28. The molecule has 90 valence electrons. The second kappa shape index (κ2) is 6.48. The summed E-state index contributed by atoms with van der Waals surface area (Å²) in [5.74, 6) is 0.650. The Hall–Kier alpha value is -0.240. The maximum Gasteiger partial charge on any atom is 0.0409 e. The fraction of sp³-hybridized carbons (Fsp3) is 0.538. The van der Waals surface area contributed by atoms with Gasteiger partial charge in [0.05, 0.1) is 0 Å². The Morgan fingerprint density at radius 2 is 1.88 bits per heavy atom. The van der Waals surface area contributed by atoms with Gasteiger partial charge in [-0.25, -0.2) is 0 Å². The van der Waals surface area contributed by atoms with E-state index in [4.69, 9.17) is 17.3 Å². The molecule has 16 heavy (non-hydrogen) atoms. The number of nitrogens with two attached hydrogens (primary N) is 1. The molecule has 1 aliphatic carbocycles. The van der Waals surface area contributed by atoms with Crippen LogP contribution in [0.25, 0.3) is 0 Å². The molecule has 3 heteroatoms. The van der Waals surface area contributed by atoms with Crippen molar-refractivity contribution in [1.82, 2.24) is 0 Å². The third-order valence-corrected chi connectivity index (χ3v) is 3.63. The van der Waals surface area contributed by atoms with Gasteiger partial charge < -0.3 is 5.73 Å². The van der Waals surface area contributed by atoms with Crippen molar-refractivity contribution in [2.24, 2.45) is 11.7 Å². The Balaban J connectivity index is 0.00000128. The lowest BCUT2D eigenvalue weighted by Crippen LogP contribution is -2.23. The minimum Gasteiger partial charge on any atom is -0.324 e. The summed E-state index contributed by atoms with van der Waals surface area (Å²) >= 11 is 5.97. The Kier molecular flexibility index (Phi) is 5.60. The second-order valence-corrected chi connectivity index (χ2v) is 4.92. The second-order valence-electron chi connectivity index (χ2n) is 4.48. The van der Waals surface area contributed by atoms with Crippen LogP contribution in [0.5, 0.6) is 0 Å². The van der Waals surface area contributed by atoms with Gasteiger partial charge in [-0.2, -0.15) is 0 Å². The Labute approximate surface area is 109 Å². The predicted octanol–water partition coefficient (Wildman–Crippen LogP) is 4.34. The molecule has 1 aliphatic rings. The lowest BCUT2D eigenvalue weighted by Gasteiger charge is -2.27. The topological polar surface area (TPSA) is 26.0 Å². The Morgan fingerprint density at radius 1 is 1.19 bits per heavy atom. The SMILES string of the molecule is Cl.N[C@@H](c1cccc(Cl)c1)C1CCCCC1. The first-order valence-electron chi connectivity index (χ1n) is 5.78. The van der Waals surface area contributed by atoms with E-state index in [-0.39, 0.29) is 18.4 Å². The molecule has 1 nitrogen and oxygen atoms in total. The molecule has 2 N–H and O–H groups in total. The van der Waals surface area contributed by atoms with Gasteiger partial charge in [0, 0.05) is 11.1 Å². The Bertz CT molecular complexity index is 321. The monoisotopic (exact) mass is 259 g/mol. The molecule has 0 unspecified atom stereocenters. The van der Waals surface area contributed by atoms with Crippen LogP contribution in [0.4, 0.5) is 0 Å². The van der Waals surface area contributed by atoms with E-state index in [9.17, 15) is 0 Å². The van der Waals surface area contributed by atoms with Crippen molar-refractivity contribution in [2.75, 3.05) is 0 Å². The van der Waals surface area contributed by atoms with Crippen molar-refractivity contribution in [1.29, 1.82) is 0 Å². The van der Waals surface area contributed by atoms with Crippen LogP contribution in [0.2, 0.25) is 5.02 Å². The first-order valence-corrected chi connectivity index (χ1v) is 6.16. The molecule has 1 saturated carbocycles. The molecule has 1 fully saturated rings. The molecule has 0 aromatic heterocycles. The largest absolute Gasteiger partial charge is 0.324 e. The van der Waals surface area contributed by atoms with Crippen molar-refractivity contribution in [3.8, 4) is 0 Å². The van der Waals surface area contributed by atoms with E-state index >= 15 is 0 Å². The fourth-order valence-electron chi connectivity index (χ4n) is 2.48. The predicted molar refractivity (Wildman–Crippen MR) is 72.2 cm³/mol. The minimum atomic E-state index is 0. The summed E-state index contributed by atoms with van der Waals surface area (Å²) < 4.78 is 0. The van der Waals surface area contributed by atoms with Gasteiger partial charge in [-0.3, -0.25) is 0 Å². The number of rotatable bonds is 2. The fourth-order valence-corrected chi connectivity index (χ4v) is 2.68. The normalized spacial score (nSPS) is 18.9. The molecule has 1 atom stereocenters. The summed E-state index contributed by atoms with van der Waals surface area (Å²) in [7, 11) is 0. The minimum absolute atomic E-state index is 0. The molecule has 2 rings (SSSR count). The zero-order valence-corrected chi connectivity index (χ0v) is 10.9. The molecule has 0 bridgehead atoms. The zero-order valence-electron chi connectivity index (χ0n) is 9.36. The summed E-state index contributed by atoms with van der Waals surface area (Å²) in [6.07, 6.45) is 6.58. The van der Waals surface area contributed by atoms with Crippen LogP contribution in [0, 0.1) is 5.92 Å². The maximum absolute atomic E-state index is 6.28. The highest BCUT2D eigenvalue weighted by molar-refractivity contribution is 6.30. The van der Waals surface area contributed by atoms with E-state index in [1.54, 1.807) is 0 Å². The van der Waals surface area contributed by atoms with Crippen LogP contribution in [0.3, 0.4) is 0 Å². The number of hydrogen-bond acceptors (Lipinski definition) is 1. The highest BCUT2D eigenvalue weighted by Crippen LogP contribution is 2.33. The number of benzene rings is 1. The van der Waals surface area contributed by atoms with Crippen molar-refractivity contribution < 1.29 is 0 Å². The first-order chi connectivity index (χ1) is 7.27. The van der Waals surface area contributed by atoms with Crippen LogP contribution in [0.1, 0.15) is 43.7 Å². The van der Waals surface area contributed by atoms with Crippen molar-refractivity contribution in [2.45, 2.75) is 38.1 Å². The quantitative estimate of drug-likeness (QED) is 0.840. The average molecular weight is 260 g/mol. The molecule has 0 amide bonds. The molecular formula is C13H19Cl2N. The van der Waals surface area contributed by atoms with Gasteiger partial charge in [0.2, 0.25) is 0 Å². The van der Waals surface area contributed by atoms with Crippen LogP contribution in [-0.2, 0) is 0 Å². The highest BCUT2D eigenvalue weighted by Gasteiger charge is 2.21. The van der Waals surface area contributed by atoms with Crippen molar-refractivity contribution in [3.05, 3.63) is 34.9 Å². The van der Waals surface area contributed by atoms with E-state index in [1.165, 1.54) is 37.7 Å². The summed E-state index contributed by atoms with van der Waals surface area (Å²) in [6, 6.07) is 8.15. The zero-order chi connectivity index (χ0) is 10.7. The Morgan fingerprint density at radius 3 is 2.50 bits per heavy atom. The van der Waals surface area contributed by atoms with E-state index in [1.807, 2.05) is 18.2 Å². The van der Waals surface area contributed by atoms with Crippen LogP contribution in [-0.4, -0.2) is 0 Å². The number of hydrogen-bond donors (Lipinski definition) is 1. The van der Waals surface area contributed by atoms with E-state index in [0.29, 0.717) is 5.92 Å². The van der Waals surface area contributed by atoms with Crippen LogP contribution >= 0.6 is 24.0 Å². The van der Waals surface area contributed by atoms with E-state index in [0.717, 1.165) is 5.02 Å². The average Bonchev–Trinajstić information content (AvgIpc) is 2.29. The van der Waals surface area contributed by atoms with E-state index < -0.39 is 0 Å². The van der Waals surface area contributed by atoms with Crippen LogP contribution in [0.15, 0.2) is 24.3 Å². The van der Waals surface area contributed by atoms with Gasteiger partial charge in [0.1, 0.15) is 0 Å². The third kappa shape index (κ3) is 3.38. The van der Waals surface area contributed by atoms with Gasteiger partial charge in [-0.05, 0) is 36.5 Å². The molecular weight excluding hydrogens is 241 g/mol. The van der Waals surface area contributed by atoms with E-state index in [2.05, 4.69) is 6.07 Å². The summed E-state index contributed by atoms with van der Waals surface area (Å²) in [5, 5.41) is 0.791. The smallest absolute Gasteiger partial charge is 0.0409 e.